The Bertz CT molecular complexity index is 108. The van der Waals surface area contributed by atoms with Crippen molar-refractivity contribution >= 4 is 0 Å². The van der Waals surface area contributed by atoms with E-state index in [1.54, 1.807) is 7.11 Å². The van der Waals surface area contributed by atoms with E-state index in [4.69, 9.17) is 4.74 Å². The van der Waals surface area contributed by atoms with Gasteiger partial charge in [-0.2, -0.15) is 0 Å². The molecule has 1 aliphatic rings. The van der Waals surface area contributed by atoms with E-state index in [1.165, 1.54) is 0 Å². The predicted octanol–water partition coefficient (Wildman–Crippen LogP) is -0.302. The zero-order chi connectivity index (χ0) is 7.56. The van der Waals surface area contributed by atoms with E-state index in [2.05, 4.69) is 4.90 Å². The maximum absolute atomic E-state index is 9.20. The van der Waals surface area contributed by atoms with Crippen molar-refractivity contribution in [3.8, 4) is 0 Å². The Morgan fingerprint density at radius 3 is 2.80 bits per heavy atom. The first-order valence-corrected chi connectivity index (χ1v) is 3.61. The lowest BCUT2D eigenvalue weighted by Gasteiger charge is -2.16. The van der Waals surface area contributed by atoms with E-state index in [1.807, 2.05) is 7.05 Å². The molecule has 0 aromatic rings. The van der Waals surface area contributed by atoms with Crippen LogP contribution in [-0.4, -0.2) is 49.5 Å². The standard InChI is InChI=1S/C7H15NO2/c1-8-4-7(9)3-6(8)5-10-2/h6-7,9H,3-5H2,1-2H3/t6-,7+/m0/s1. The van der Waals surface area contributed by atoms with Crippen molar-refractivity contribution < 1.29 is 9.84 Å². The first kappa shape index (κ1) is 7.98. The summed E-state index contributed by atoms with van der Waals surface area (Å²) in [6, 6.07) is 0.417. The molecule has 3 nitrogen and oxygen atoms in total. The van der Waals surface area contributed by atoms with Gasteiger partial charge in [0.2, 0.25) is 0 Å². The summed E-state index contributed by atoms with van der Waals surface area (Å²) in [6.45, 7) is 1.52. The molecule has 10 heavy (non-hydrogen) atoms. The molecule has 0 bridgehead atoms. The summed E-state index contributed by atoms with van der Waals surface area (Å²) < 4.78 is 4.99. The highest BCUT2D eigenvalue weighted by molar-refractivity contribution is 4.82. The van der Waals surface area contributed by atoms with Crippen LogP contribution in [0.5, 0.6) is 0 Å². The minimum atomic E-state index is -0.148. The number of hydrogen-bond donors (Lipinski definition) is 1. The van der Waals surface area contributed by atoms with Crippen molar-refractivity contribution in [2.24, 2.45) is 0 Å². The van der Waals surface area contributed by atoms with Crippen molar-refractivity contribution in [3.05, 3.63) is 0 Å². The number of likely N-dealkylation sites (tertiary alicyclic amines) is 1. The van der Waals surface area contributed by atoms with Crippen LogP contribution in [0.4, 0.5) is 0 Å². The summed E-state index contributed by atoms with van der Waals surface area (Å²) in [4.78, 5) is 2.13. The average molecular weight is 145 g/mol. The molecule has 1 aliphatic heterocycles. The summed E-state index contributed by atoms with van der Waals surface area (Å²) in [5.74, 6) is 0. The molecular formula is C7H15NO2. The second-order valence-corrected chi connectivity index (χ2v) is 2.94. The van der Waals surface area contributed by atoms with Crippen molar-refractivity contribution in [2.45, 2.75) is 18.6 Å². The third kappa shape index (κ3) is 1.68. The van der Waals surface area contributed by atoms with Gasteiger partial charge in [0.05, 0.1) is 12.7 Å². The quantitative estimate of drug-likeness (QED) is 0.579. The number of aliphatic hydroxyl groups is 1. The largest absolute Gasteiger partial charge is 0.392 e. The monoisotopic (exact) mass is 145 g/mol. The van der Waals surface area contributed by atoms with Gasteiger partial charge in [0.1, 0.15) is 0 Å². The summed E-state index contributed by atoms with van der Waals surface area (Å²) in [5.41, 5.74) is 0. The highest BCUT2D eigenvalue weighted by Crippen LogP contribution is 2.14. The topological polar surface area (TPSA) is 32.7 Å². The van der Waals surface area contributed by atoms with Crippen LogP contribution < -0.4 is 0 Å². The summed E-state index contributed by atoms with van der Waals surface area (Å²) in [5, 5.41) is 9.20. The molecule has 1 N–H and O–H groups in total. The third-order valence-electron chi connectivity index (χ3n) is 2.03. The van der Waals surface area contributed by atoms with Crippen molar-refractivity contribution in [1.29, 1.82) is 0 Å². The Labute approximate surface area is 61.6 Å². The smallest absolute Gasteiger partial charge is 0.0682 e. The van der Waals surface area contributed by atoms with Gasteiger partial charge in [-0.25, -0.2) is 0 Å². The molecule has 60 valence electrons. The minimum absolute atomic E-state index is 0.148. The molecule has 3 heteroatoms. The van der Waals surface area contributed by atoms with Crippen LogP contribution in [0.2, 0.25) is 0 Å². The number of β-amino-alcohol motifs (C(OH)–C–C–N with tert-alkyl or cyclic N) is 1. The van der Waals surface area contributed by atoms with Gasteiger partial charge < -0.3 is 9.84 Å². The van der Waals surface area contributed by atoms with Gasteiger partial charge in [-0.1, -0.05) is 0 Å². The Balaban J connectivity index is 2.31. The van der Waals surface area contributed by atoms with E-state index < -0.39 is 0 Å². The van der Waals surface area contributed by atoms with Crippen LogP contribution in [0.25, 0.3) is 0 Å². The van der Waals surface area contributed by atoms with Crippen LogP contribution in [0.15, 0.2) is 0 Å². The molecule has 0 aliphatic carbocycles. The van der Waals surface area contributed by atoms with Crippen molar-refractivity contribution in [2.75, 3.05) is 27.3 Å². The Morgan fingerprint density at radius 1 is 1.70 bits per heavy atom. The molecular weight excluding hydrogens is 130 g/mol. The molecule has 0 unspecified atom stereocenters. The fraction of sp³-hybridized carbons (Fsp3) is 1.00. The van der Waals surface area contributed by atoms with Gasteiger partial charge in [-0.05, 0) is 13.5 Å². The van der Waals surface area contributed by atoms with Gasteiger partial charge in [0, 0.05) is 19.7 Å². The highest BCUT2D eigenvalue weighted by Gasteiger charge is 2.27. The molecule has 0 spiro atoms. The first-order chi connectivity index (χ1) is 4.74. The van der Waals surface area contributed by atoms with E-state index in [0.717, 1.165) is 19.6 Å². The van der Waals surface area contributed by atoms with Crippen LogP contribution in [0.3, 0.4) is 0 Å². The van der Waals surface area contributed by atoms with E-state index in [-0.39, 0.29) is 6.10 Å². The van der Waals surface area contributed by atoms with Crippen LogP contribution in [-0.2, 0) is 4.74 Å². The molecule has 0 aromatic carbocycles. The average Bonchev–Trinajstić information content (AvgIpc) is 2.13. The molecule has 1 heterocycles. The lowest BCUT2D eigenvalue weighted by atomic mass is 10.2. The number of likely N-dealkylation sites (N-methyl/N-ethyl adjacent to an activating group) is 1. The molecule has 0 amide bonds. The third-order valence-corrected chi connectivity index (χ3v) is 2.03. The van der Waals surface area contributed by atoms with Crippen molar-refractivity contribution in [1.82, 2.24) is 4.90 Å². The second kappa shape index (κ2) is 3.32. The maximum Gasteiger partial charge on any atom is 0.0682 e. The predicted molar refractivity (Wildman–Crippen MR) is 38.9 cm³/mol. The molecule has 2 atom stereocenters. The van der Waals surface area contributed by atoms with Gasteiger partial charge in [0.15, 0.2) is 0 Å². The minimum Gasteiger partial charge on any atom is -0.392 e. The molecule has 1 rings (SSSR count). The molecule has 1 fully saturated rings. The van der Waals surface area contributed by atoms with E-state index in [0.29, 0.717) is 6.04 Å². The van der Waals surface area contributed by atoms with Crippen molar-refractivity contribution in [3.63, 3.8) is 0 Å². The molecule has 0 radical (unpaired) electrons. The number of ether oxygens (including phenoxy) is 1. The number of hydrogen-bond acceptors (Lipinski definition) is 3. The van der Waals surface area contributed by atoms with Crippen LogP contribution in [0, 0.1) is 0 Å². The van der Waals surface area contributed by atoms with Crippen LogP contribution in [0.1, 0.15) is 6.42 Å². The zero-order valence-electron chi connectivity index (χ0n) is 6.58. The van der Waals surface area contributed by atoms with E-state index >= 15 is 0 Å². The maximum atomic E-state index is 9.20. The molecule has 0 aromatic heterocycles. The summed E-state index contributed by atoms with van der Waals surface area (Å²) in [7, 11) is 3.71. The fourth-order valence-electron chi connectivity index (χ4n) is 1.44. The Hall–Kier alpha value is -0.120. The SMILES string of the molecule is COC[C@@H]1C[C@@H](O)CN1C. The fourth-order valence-corrected chi connectivity index (χ4v) is 1.44. The lowest BCUT2D eigenvalue weighted by molar-refractivity contribution is 0.129. The number of methoxy groups -OCH3 is 1. The summed E-state index contributed by atoms with van der Waals surface area (Å²) >= 11 is 0. The first-order valence-electron chi connectivity index (χ1n) is 3.61. The molecule has 0 saturated carbocycles. The normalized spacial score (nSPS) is 35.1. The zero-order valence-corrected chi connectivity index (χ0v) is 6.58. The highest BCUT2D eigenvalue weighted by atomic mass is 16.5. The number of rotatable bonds is 2. The van der Waals surface area contributed by atoms with Crippen LogP contribution >= 0.6 is 0 Å². The Morgan fingerprint density at radius 2 is 2.40 bits per heavy atom. The van der Waals surface area contributed by atoms with Gasteiger partial charge in [-0.3, -0.25) is 4.90 Å². The summed E-state index contributed by atoms with van der Waals surface area (Å²) in [6.07, 6.45) is 0.704. The van der Waals surface area contributed by atoms with Gasteiger partial charge in [-0.15, -0.1) is 0 Å². The number of aliphatic hydroxyl groups excluding tert-OH is 1. The van der Waals surface area contributed by atoms with Gasteiger partial charge >= 0.3 is 0 Å². The number of nitrogens with zero attached hydrogens (tertiary/aromatic N) is 1. The second-order valence-electron chi connectivity index (χ2n) is 2.94. The van der Waals surface area contributed by atoms with Gasteiger partial charge in [0.25, 0.3) is 0 Å². The Kier molecular flexibility index (Phi) is 2.65. The lowest BCUT2D eigenvalue weighted by Crippen LogP contribution is -2.28. The van der Waals surface area contributed by atoms with E-state index in [9.17, 15) is 5.11 Å². The molecule has 1 saturated heterocycles.